The van der Waals surface area contributed by atoms with E-state index in [1.54, 1.807) is 0 Å². The zero-order chi connectivity index (χ0) is 11.8. The van der Waals surface area contributed by atoms with Gasteiger partial charge < -0.3 is 10.2 Å². The average molecular weight is 231 g/mol. The van der Waals surface area contributed by atoms with E-state index in [-0.39, 0.29) is 6.04 Å². The van der Waals surface area contributed by atoms with Gasteiger partial charge in [0.25, 0.3) is 0 Å². The van der Waals surface area contributed by atoms with Gasteiger partial charge >= 0.3 is 0 Å². The minimum atomic E-state index is 0.205. The Morgan fingerprint density at radius 2 is 2.41 bits per heavy atom. The van der Waals surface area contributed by atoms with E-state index in [0.29, 0.717) is 18.4 Å². The van der Waals surface area contributed by atoms with Gasteiger partial charge in [-0.1, -0.05) is 6.07 Å². The van der Waals surface area contributed by atoms with Gasteiger partial charge in [0.05, 0.1) is 17.8 Å². The van der Waals surface area contributed by atoms with Gasteiger partial charge in [0, 0.05) is 25.7 Å². The third kappa shape index (κ3) is 1.72. The second kappa shape index (κ2) is 4.11. The van der Waals surface area contributed by atoms with Gasteiger partial charge in [0.2, 0.25) is 5.91 Å². The molecule has 0 saturated carbocycles. The summed E-state index contributed by atoms with van der Waals surface area (Å²) >= 11 is 0. The van der Waals surface area contributed by atoms with E-state index in [9.17, 15) is 4.79 Å². The topological polar surface area (TPSA) is 45.2 Å². The van der Waals surface area contributed by atoms with Crippen LogP contribution in [-0.2, 0) is 4.79 Å². The molecular formula is C13H17N3O. The minimum absolute atomic E-state index is 0.205. The van der Waals surface area contributed by atoms with E-state index < -0.39 is 0 Å². The number of nitrogens with one attached hydrogen (secondary N) is 1. The van der Waals surface area contributed by atoms with Crippen LogP contribution in [0.25, 0.3) is 0 Å². The van der Waals surface area contributed by atoms with Crippen molar-refractivity contribution in [2.24, 2.45) is 0 Å². The summed E-state index contributed by atoms with van der Waals surface area (Å²) in [6.45, 7) is 3.79. The van der Waals surface area contributed by atoms with Crippen molar-refractivity contribution in [1.29, 1.82) is 0 Å². The van der Waals surface area contributed by atoms with Crippen molar-refractivity contribution < 1.29 is 4.79 Å². The largest absolute Gasteiger partial charge is 0.336 e. The third-order valence-electron chi connectivity index (χ3n) is 3.82. The van der Waals surface area contributed by atoms with Gasteiger partial charge in [0.15, 0.2) is 0 Å². The van der Waals surface area contributed by atoms with E-state index in [0.717, 1.165) is 25.2 Å². The van der Waals surface area contributed by atoms with E-state index in [2.05, 4.69) is 23.3 Å². The van der Waals surface area contributed by atoms with Crippen LogP contribution in [0.5, 0.6) is 0 Å². The number of nitrogens with zero attached hydrogens (tertiary/aromatic N) is 2. The highest BCUT2D eigenvalue weighted by molar-refractivity contribution is 5.79. The number of rotatable bonds is 1. The highest BCUT2D eigenvalue weighted by Gasteiger charge is 2.40. The van der Waals surface area contributed by atoms with Gasteiger partial charge in [-0.3, -0.25) is 9.78 Å². The Morgan fingerprint density at radius 1 is 1.53 bits per heavy atom. The monoisotopic (exact) mass is 231 g/mol. The molecule has 3 heterocycles. The van der Waals surface area contributed by atoms with Crippen molar-refractivity contribution in [3.05, 3.63) is 29.6 Å². The Morgan fingerprint density at radius 3 is 3.24 bits per heavy atom. The van der Waals surface area contributed by atoms with Gasteiger partial charge in [-0.25, -0.2) is 0 Å². The van der Waals surface area contributed by atoms with Crippen LogP contribution in [0.1, 0.15) is 30.1 Å². The lowest BCUT2D eigenvalue weighted by molar-refractivity contribution is -0.130. The summed E-state index contributed by atoms with van der Waals surface area (Å²) in [6.07, 6.45) is 3.47. The maximum absolute atomic E-state index is 11.7. The number of fused-ring (bicyclic) bond motifs is 1. The molecule has 1 aromatic rings. The number of hydrogen-bond donors (Lipinski definition) is 1. The first-order chi connectivity index (χ1) is 8.27. The number of aryl methyl sites for hydroxylation is 1. The van der Waals surface area contributed by atoms with E-state index >= 15 is 0 Å². The second-order valence-electron chi connectivity index (χ2n) is 4.83. The van der Waals surface area contributed by atoms with Crippen LogP contribution in [0.15, 0.2) is 18.3 Å². The summed E-state index contributed by atoms with van der Waals surface area (Å²) in [5.74, 6) is 0.301. The molecule has 1 amide bonds. The number of carbonyl (C=O) groups excluding carboxylic acids is 1. The zero-order valence-electron chi connectivity index (χ0n) is 10.0. The lowest BCUT2D eigenvalue weighted by Gasteiger charge is -2.37. The number of hydrogen-bond acceptors (Lipinski definition) is 3. The molecule has 2 fully saturated rings. The maximum Gasteiger partial charge on any atom is 0.223 e. The van der Waals surface area contributed by atoms with Crippen LogP contribution < -0.4 is 5.32 Å². The van der Waals surface area contributed by atoms with Gasteiger partial charge in [-0.2, -0.15) is 0 Å². The van der Waals surface area contributed by atoms with E-state index in [4.69, 9.17) is 0 Å². The van der Waals surface area contributed by atoms with Gasteiger partial charge in [-0.15, -0.1) is 0 Å². The van der Waals surface area contributed by atoms with E-state index in [1.807, 2.05) is 17.2 Å². The molecular weight excluding hydrogens is 214 g/mol. The van der Waals surface area contributed by atoms with Crippen LogP contribution in [0.4, 0.5) is 0 Å². The Labute approximate surface area is 101 Å². The molecule has 4 heteroatoms. The fourth-order valence-corrected chi connectivity index (χ4v) is 2.97. The lowest BCUT2D eigenvalue weighted by atomic mass is 9.97. The van der Waals surface area contributed by atoms with Crippen LogP contribution in [-0.4, -0.2) is 34.9 Å². The first-order valence-electron chi connectivity index (χ1n) is 6.22. The maximum atomic E-state index is 11.7. The first-order valence-corrected chi connectivity index (χ1v) is 6.22. The number of aromatic nitrogens is 1. The van der Waals surface area contributed by atoms with Crippen molar-refractivity contribution in [3.63, 3.8) is 0 Å². The number of carbonyl (C=O) groups is 1. The summed E-state index contributed by atoms with van der Waals surface area (Å²) in [7, 11) is 0. The highest BCUT2D eigenvalue weighted by atomic mass is 16.2. The molecule has 0 aromatic carbocycles. The molecule has 90 valence electrons. The third-order valence-corrected chi connectivity index (χ3v) is 3.82. The molecule has 0 unspecified atom stereocenters. The summed E-state index contributed by atoms with van der Waals surface area (Å²) < 4.78 is 0. The molecule has 2 saturated heterocycles. The lowest BCUT2D eigenvalue weighted by Crippen LogP contribution is -2.51. The van der Waals surface area contributed by atoms with Crippen LogP contribution in [0.3, 0.4) is 0 Å². The van der Waals surface area contributed by atoms with Crippen molar-refractivity contribution in [2.45, 2.75) is 31.8 Å². The molecule has 4 nitrogen and oxygen atoms in total. The highest BCUT2D eigenvalue weighted by Crippen LogP contribution is 2.32. The fraction of sp³-hybridized carbons (Fsp3) is 0.538. The van der Waals surface area contributed by atoms with Crippen molar-refractivity contribution in [1.82, 2.24) is 15.2 Å². The minimum Gasteiger partial charge on any atom is -0.336 e. The summed E-state index contributed by atoms with van der Waals surface area (Å²) in [5.41, 5.74) is 2.29. The molecule has 1 N–H and O–H groups in total. The molecule has 3 rings (SSSR count). The predicted octanol–water partition coefficient (Wildman–Crippen LogP) is 1.03. The Balaban J connectivity index is 1.93. The van der Waals surface area contributed by atoms with Crippen LogP contribution >= 0.6 is 0 Å². The van der Waals surface area contributed by atoms with E-state index in [1.165, 1.54) is 5.56 Å². The molecule has 0 bridgehead atoms. The Hall–Kier alpha value is -1.42. The quantitative estimate of drug-likeness (QED) is 0.785. The SMILES string of the molecule is Cc1cccnc1[C@@H]1NCCN2C(=O)CC[C@@H]12. The van der Waals surface area contributed by atoms with Gasteiger partial charge in [0.1, 0.15) is 0 Å². The fourth-order valence-electron chi connectivity index (χ4n) is 2.97. The summed E-state index contributed by atoms with van der Waals surface area (Å²) in [6, 6.07) is 4.54. The molecule has 1 aromatic heterocycles. The standard InChI is InChI=1S/C13H17N3O/c1-9-3-2-6-14-12(9)13-10-4-5-11(17)16(10)8-7-15-13/h2-3,6,10,13,15H,4-5,7-8H2,1H3/t10-,13+/m0/s1. The van der Waals surface area contributed by atoms with Gasteiger partial charge in [-0.05, 0) is 25.0 Å². The summed E-state index contributed by atoms with van der Waals surface area (Å²) in [5, 5.41) is 3.51. The van der Waals surface area contributed by atoms with Crippen LogP contribution in [0, 0.1) is 6.92 Å². The van der Waals surface area contributed by atoms with Crippen molar-refractivity contribution in [3.8, 4) is 0 Å². The Kier molecular flexibility index (Phi) is 2.59. The molecule has 0 aliphatic carbocycles. The zero-order valence-corrected chi connectivity index (χ0v) is 10.0. The molecule has 2 atom stereocenters. The number of amides is 1. The molecule has 0 radical (unpaired) electrons. The van der Waals surface area contributed by atoms with Crippen molar-refractivity contribution >= 4 is 5.91 Å². The second-order valence-corrected chi connectivity index (χ2v) is 4.83. The number of piperazine rings is 1. The van der Waals surface area contributed by atoms with Crippen molar-refractivity contribution in [2.75, 3.05) is 13.1 Å². The predicted molar refractivity (Wildman–Crippen MR) is 64.5 cm³/mol. The first kappa shape index (κ1) is 10.7. The average Bonchev–Trinajstić information content (AvgIpc) is 2.72. The molecule has 2 aliphatic heterocycles. The smallest absolute Gasteiger partial charge is 0.223 e. The summed E-state index contributed by atoms with van der Waals surface area (Å²) in [4.78, 5) is 18.3. The molecule has 2 aliphatic rings. The Bertz CT molecular complexity index is 446. The molecule has 17 heavy (non-hydrogen) atoms. The number of pyridine rings is 1. The molecule has 0 spiro atoms. The van der Waals surface area contributed by atoms with Crippen LogP contribution in [0.2, 0.25) is 0 Å². The normalized spacial score (nSPS) is 28.3.